The monoisotopic (exact) mass is 207 g/mol. The van der Waals surface area contributed by atoms with E-state index in [0.29, 0.717) is 12.2 Å². The van der Waals surface area contributed by atoms with Crippen LogP contribution in [0.4, 0.5) is 0 Å². The van der Waals surface area contributed by atoms with Crippen molar-refractivity contribution in [3.63, 3.8) is 0 Å². The summed E-state index contributed by atoms with van der Waals surface area (Å²) < 4.78 is 2.12. The average molecular weight is 207 g/mol. The number of carbonyl (C=O) groups excluding carboxylic acids is 1. The van der Waals surface area contributed by atoms with Crippen LogP contribution in [0, 0.1) is 13.8 Å². The van der Waals surface area contributed by atoms with Crippen molar-refractivity contribution in [3.05, 3.63) is 23.5 Å². The largest absolute Gasteiger partial charge is 0.339 e. The Hall–Kier alpha value is -1.05. The quantitative estimate of drug-likeness (QED) is 0.725. The number of ketones is 1. The molecule has 1 aromatic heterocycles. The van der Waals surface area contributed by atoms with Crippen molar-refractivity contribution in [2.45, 2.75) is 53.0 Å². The van der Waals surface area contributed by atoms with E-state index >= 15 is 0 Å². The molecular weight excluding hydrogens is 186 g/mol. The van der Waals surface area contributed by atoms with Crippen LogP contribution in [0.5, 0.6) is 0 Å². The SMILES string of the molecule is CCCCC(=O)C(C)n1c(C)ccc1C. The molecule has 0 saturated carbocycles. The minimum atomic E-state index is -0.00782. The molecule has 1 atom stereocenters. The highest BCUT2D eigenvalue weighted by Crippen LogP contribution is 2.18. The van der Waals surface area contributed by atoms with Crippen molar-refractivity contribution in [3.8, 4) is 0 Å². The lowest BCUT2D eigenvalue weighted by molar-refractivity contribution is -0.121. The average Bonchev–Trinajstić information content (AvgIpc) is 2.54. The standard InChI is InChI=1S/C13H21NO/c1-5-6-7-13(15)12(4)14-10(2)8-9-11(14)3/h8-9,12H,5-7H2,1-4H3. The second-order valence-corrected chi connectivity index (χ2v) is 4.23. The molecule has 0 radical (unpaired) electrons. The highest BCUT2D eigenvalue weighted by atomic mass is 16.1. The molecule has 15 heavy (non-hydrogen) atoms. The van der Waals surface area contributed by atoms with E-state index in [1.165, 1.54) is 11.4 Å². The molecule has 0 N–H and O–H groups in total. The Kier molecular flexibility index (Phi) is 4.13. The third kappa shape index (κ3) is 2.71. The van der Waals surface area contributed by atoms with Crippen molar-refractivity contribution in [2.75, 3.05) is 0 Å². The molecule has 0 aliphatic rings. The van der Waals surface area contributed by atoms with E-state index in [1.54, 1.807) is 0 Å². The third-order valence-electron chi connectivity index (χ3n) is 2.96. The van der Waals surface area contributed by atoms with Crippen LogP contribution in [0.1, 0.15) is 50.5 Å². The zero-order valence-electron chi connectivity index (χ0n) is 10.2. The number of Topliss-reactive ketones (excluding diaryl/α,β-unsaturated/α-hetero) is 1. The van der Waals surface area contributed by atoms with Crippen LogP contribution in [0.15, 0.2) is 12.1 Å². The number of aromatic nitrogens is 1. The van der Waals surface area contributed by atoms with Crippen LogP contribution in [0.25, 0.3) is 0 Å². The fraction of sp³-hybridized carbons (Fsp3) is 0.615. The summed E-state index contributed by atoms with van der Waals surface area (Å²) in [6.07, 6.45) is 2.79. The molecule has 84 valence electrons. The topological polar surface area (TPSA) is 22.0 Å². The Bertz CT molecular complexity index is 319. The number of aryl methyl sites for hydroxylation is 2. The normalized spacial score (nSPS) is 12.8. The molecule has 2 nitrogen and oxygen atoms in total. The molecule has 1 unspecified atom stereocenters. The van der Waals surface area contributed by atoms with Crippen molar-refractivity contribution < 1.29 is 4.79 Å². The fourth-order valence-electron chi connectivity index (χ4n) is 1.99. The minimum absolute atomic E-state index is 0.00782. The van der Waals surface area contributed by atoms with Crippen molar-refractivity contribution in [1.29, 1.82) is 0 Å². The van der Waals surface area contributed by atoms with Gasteiger partial charge in [0.1, 0.15) is 0 Å². The molecule has 0 saturated heterocycles. The van der Waals surface area contributed by atoms with Crippen LogP contribution in [-0.4, -0.2) is 10.4 Å². The van der Waals surface area contributed by atoms with Crippen LogP contribution in [-0.2, 0) is 4.79 Å². The summed E-state index contributed by atoms with van der Waals surface area (Å²) in [5.74, 6) is 0.347. The lowest BCUT2D eigenvalue weighted by Crippen LogP contribution is -2.18. The van der Waals surface area contributed by atoms with Gasteiger partial charge in [0, 0.05) is 17.8 Å². The van der Waals surface area contributed by atoms with Gasteiger partial charge in [-0.25, -0.2) is 0 Å². The van der Waals surface area contributed by atoms with Gasteiger partial charge < -0.3 is 4.57 Å². The Morgan fingerprint density at radius 1 is 1.33 bits per heavy atom. The number of nitrogens with zero attached hydrogens (tertiary/aromatic N) is 1. The van der Waals surface area contributed by atoms with Crippen LogP contribution in [0.3, 0.4) is 0 Å². The first-order chi connectivity index (χ1) is 7.07. The third-order valence-corrected chi connectivity index (χ3v) is 2.96. The molecule has 0 aliphatic heterocycles. The van der Waals surface area contributed by atoms with E-state index < -0.39 is 0 Å². The maximum atomic E-state index is 11.9. The Labute approximate surface area is 92.3 Å². The molecule has 0 bridgehead atoms. The molecule has 0 amide bonds. The summed E-state index contributed by atoms with van der Waals surface area (Å²) in [4.78, 5) is 11.9. The van der Waals surface area contributed by atoms with Crippen LogP contribution < -0.4 is 0 Å². The lowest BCUT2D eigenvalue weighted by Gasteiger charge is -2.17. The van der Waals surface area contributed by atoms with Gasteiger partial charge in [-0.3, -0.25) is 4.79 Å². The molecular formula is C13H21NO. The first-order valence-corrected chi connectivity index (χ1v) is 5.75. The molecule has 0 fully saturated rings. The molecule has 0 aromatic carbocycles. The van der Waals surface area contributed by atoms with E-state index in [2.05, 4.69) is 37.5 Å². The van der Waals surface area contributed by atoms with Gasteiger partial charge in [0.25, 0.3) is 0 Å². The first kappa shape index (κ1) is 12.0. The van der Waals surface area contributed by atoms with Gasteiger partial charge in [0.2, 0.25) is 0 Å². The van der Waals surface area contributed by atoms with Crippen molar-refractivity contribution in [2.24, 2.45) is 0 Å². The zero-order chi connectivity index (χ0) is 11.4. The van der Waals surface area contributed by atoms with Gasteiger partial charge in [0.05, 0.1) is 6.04 Å². The summed E-state index contributed by atoms with van der Waals surface area (Å²) in [5, 5.41) is 0. The van der Waals surface area contributed by atoms with Gasteiger partial charge in [-0.05, 0) is 39.3 Å². The number of hydrogen-bond donors (Lipinski definition) is 0. The highest BCUT2D eigenvalue weighted by molar-refractivity contribution is 5.82. The van der Waals surface area contributed by atoms with Gasteiger partial charge in [-0.2, -0.15) is 0 Å². The summed E-state index contributed by atoms with van der Waals surface area (Å²) in [7, 11) is 0. The predicted octanol–water partition coefficient (Wildman–Crippen LogP) is 3.43. The van der Waals surface area contributed by atoms with Gasteiger partial charge in [-0.1, -0.05) is 13.3 Å². The molecule has 0 aliphatic carbocycles. The van der Waals surface area contributed by atoms with E-state index in [0.717, 1.165) is 12.8 Å². The van der Waals surface area contributed by atoms with Gasteiger partial charge >= 0.3 is 0 Å². The second-order valence-electron chi connectivity index (χ2n) is 4.23. The maximum absolute atomic E-state index is 11.9. The zero-order valence-corrected chi connectivity index (χ0v) is 10.2. The van der Waals surface area contributed by atoms with Gasteiger partial charge in [0.15, 0.2) is 5.78 Å². The Morgan fingerprint density at radius 3 is 2.33 bits per heavy atom. The van der Waals surface area contributed by atoms with E-state index in [1.807, 2.05) is 6.92 Å². The number of hydrogen-bond acceptors (Lipinski definition) is 1. The molecule has 0 spiro atoms. The van der Waals surface area contributed by atoms with Crippen LogP contribution >= 0.6 is 0 Å². The van der Waals surface area contributed by atoms with Crippen molar-refractivity contribution >= 4 is 5.78 Å². The first-order valence-electron chi connectivity index (χ1n) is 5.75. The predicted molar refractivity (Wildman–Crippen MR) is 63.1 cm³/mol. The fourth-order valence-corrected chi connectivity index (χ4v) is 1.99. The Morgan fingerprint density at radius 2 is 1.87 bits per heavy atom. The number of carbonyl (C=O) groups is 1. The smallest absolute Gasteiger partial charge is 0.155 e. The second kappa shape index (κ2) is 5.15. The van der Waals surface area contributed by atoms with E-state index in [4.69, 9.17) is 0 Å². The molecule has 1 rings (SSSR count). The summed E-state index contributed by atoms with van der Waals surface area (Å²) >= 11 is 0. The summed E-state index contributed by atoms with van der Waals surface area (Å²) in [6, 6.07) is 4.13. The van der Waals surface area contributed by atoms with Crippen LogP contribution in [0.2, 0.25) is 0 Å². The molecule has 2 heteroatoms. The lowest BCUT2D eigenvalue weighted by atomic mass is 10.1. The van der Waals surface area contributed by atoms with E-state index in [9.17, 15) is 4.79 Å². The minimum Gasteiger partial charge on any atom is -0.339 e. The Balaban J connectivity index is 2.75. The summed E-state index contributed by atoms with van der Waals surface area (Å²) in [5.41, 5.74) is 2.34. The van der Waals surface area contributed by atoms with E-state index in [-0.39, 0.29) is 6.04 Å². The molecule has 1 aromatic rings. The maximum Gasteiger partial charge on any atom is 0.155 e. The highest BCUT2D eigenvalue weighted by Gasteiger charge is 2.16. The van der Waals surface area contributed by atoms with Crippen molar-refractivity contribution in [1.82, 2.24) is 4.57 Å². The van der Waals surface area contributed by atoms with Gasteiger partial charge in [-0.15, -0.1) is 0 Å². The summed E-state index contributed by atoms with van der Waals surface area (Å²) in [6.45, 7) is 8.22. The number of rotatable bonds is 5. The number of unbranched alkanes of at least 4 members (excludes halogenated alkanes) is 1. The molecule has 1 heterocycles.